The highest BCUT2D eigenvalue weighted by Gasteiger charge is 2.53. The number of ketones is 3. The normalized spacial score (nSPS) is 39.3. The van der Waals surface area contributed by atoms with Crippen LogP contribution in [0.4, 0.5) is 0 Å². The fraction of sp³-hybridized carbons (Fsp3) is 0.750. The van der Waals surface area contributed by atoms with Gasteiger partial charge in [0.15, 0.2) is 5.78 Å². The summed E-state index contributed by atoms with van der Waals surface area (Å²) in [6, 6.07) is -1.09. The fourth-order valence-corrected chi connectivity index (χ4v) is 10.4. The molecule has 1 amide bonds. The van der Waals surface area contributed by atoms with Gasteiger partial charge in [0.1, 0.15) is 30.1 Å². The molecule has 13 nitrogen and oxygen atoms in total. The first-order chi connectivity index (χ1) is 30.9. The van der Waals surface area contributed by atoms with Crippen molar-refractivity contribution in [3.05, 3.63) is 47.6 Å². The van der Waals surface area contributed by atoms with Gasteiger partial charge in [-0.25, -0.2) is 4.79 Å². The molecular weight excluding hydrogens is 831 g/mol. The van der Waals surface area contributed by atoms with Crippen LogP contribution in [0.2, 0.25) is 0 Å². The molecule has 0 radical (unpaired) electrons. The van der Waals surface area contributed by atoms with Gasteiger partial charge in [-0.2, -0.15) is 0 Å². The van der Waals surface area contributed by atoms with Crippen molar-refractivity contribution in [3.63, 3.8) is 0 Å². The number of Topliss-reactive ketones (excluding diaryl/α,β-unsaturated/α-hetero) is 3. The first-order valence-corrected chi connectivity index (χ1v) is 24.2. The van der Waals surface area contributed by atoms with Gasteiger partial charge in [-0.1, -0.05) is 83.9 Å². The number of hydrogen-bond donors (Lipinski definition) is 1. The van der Waals surface area contributed by atoms with Crippen molar-refractivity contribution in [2.24, 2.45) is 35.5 Å². The second-order valence-electron chi connectivity index (χ2n) is 19.7. The Kier molecular flexibility index (Phi) is 21.5. The topological polar surface area (TPSA) is 164 Å². The molecule has 0 unspecified atom stereocenters. The molecule has 3 heterocycles. The zero-order valence-corrected chi connectivity index (χ0v) is 41.3. The molecule has 0 aromatic heterocycles. The molecule has 1 saturated carbocycles. The van der Waals surface area contributed by atoms with Crippen LogP contribution in [0.25, 0.3) is 0 Å². The minimum Gasteiger partial charge on any atom is -0.460 e. The Morgan fingerprint density at radius 2 is 1.52 bits per heavy atom. The molecule has 1 aliphatic carbocycles. The standard InChI is InChI=1S/C52H81NO12/c1-32-18-13-12-14-19-33(2)44(61-9)30-41-24-23-38(7)52(59,65-41)49(56)50(57)53-25-16-15-22-42(53)51(58)64-45(35(4)28-39-20-17-21-40(29-39)60-8)31-43(54)34(3)27-37(6)47(62-10)48(63-11)46(55)36(5)26-32/h12-14,18-19,27,32,34-36,38-42,44-45,47-48,59H,15-17,20-26,28-31H2,1-11H3/b14-12+,18-13+,33-19+,37-27+/t32-,34-,35-,36-,38-,39+,40+,41+,42+,44+,45+,47-,48+,52-/m1/s1. The van der Waals surface area contributed by atoms with E-state index in [4.69, 9.17) is 28.4 Å². The van der Waals surface area contributed by atoms with Gasteiger partial charge in [-0.3, -0.25) is 19.2 Å². The Labute approximate surface area is 389 Å². The average molecular weight is 912 g/mol. The summed E-state index contributed by atoms with van der Waals surface area (Å²) in [5.74, 6) is -6.93. The van der Waals surface area contributed by atoms with E-state index in [9.17, 15) is 29.1 Å². The maximum Gasteiger partial charge on any atom is 0.329 e. The summed E-state index contributed by atoms with van der Waals surface area (Å²) in [7, 11) is 6.34. The third-order valence-electron chi connectivity index (χ3n) is 14.6. The van der Waals surface area contributed by atoms with Crippen LogP contribution in [-0.4, -0.2) is 123 Å². The second-order valence-corrected chi connectivity index (χ2v) is 19.7. The lowest BCUT2D eigenvalue weighted by Crippen LogP contribution is -2.61. The maximum atomic E-state index is 14.4. The maximum absolute atomic E-state index is 14.4. The van der Waals surface area contributed by atoms with Gasteiger partial charge in [0.05, 0.1) is 18.3 Å². The van der Waals surface area contributed by atoms with Gasteiger partial charge in [-0.05, 0) is 101 Å². The summed E-state index contributed by atoms with van der Waals surface area (Å²) in [6.07, 6.45) is 16.1. The minimum atomic E-state index is -2.40. The highest BCUT2D eigenvalue weighted by molar-refractivity contribution is 6.39. The van der Waals surface area contributed by atoms with Crippen LogP contribution in [0.15, 0.2) is 47.6 Å². The largest absolute Gasteiger partial charge is 0.460 e. The predicted octanol–water partition coefficient (Wildman–Crippen LogP) is 7.86. The number of rotatable bonds is 7. The Balaban J connectivity index is 1.71. The quantitative estimate of drug-likeness (QED) is 0.150. The lowest BCUT2D eigenvalue weighted by molar-refractivity contribution is -0.265. The lowest BCUT2D eigenvalue weighted by atomic mass is 9.79. The number of allylic oxidation sites excluding steroid dienone is 6. The van der Waals surface area contributed by atoms with E-state index in [1.807, 2.05) is 58.1 Å². The summed E-state index contributed by atoms with van der Waals surface area (Å²) in [4.78, 5) is 72.3. The van der Waals surface area contributed by atoms with E-state index in [1.54, 1.807) is 34.1 Å². The van der Waals surface area contributed by atoms with Gasteiger partial charge >= 0.3 is 5.97 Å². The van der Waals surface area contributed by atoms with Crippen LogP contribution >= 0.6 is 0 Å². The molecule has 2 saturated heterocycles. The van der Waals surface area contributed by atoms with E-state index in [0.29, 0.717) is 56.4 Å². The zero-order valence-electron chi connectivity index (χ0n) is 41.3. The van der Waals surface area contributed by atoms with Crippen LogP contribution in [0, 0.1) is 35.5 Å². The smallest absolute Gasteiger partial charge is 0.329 e. The number of carbonyl (C=O) groups is 5. The fourth-order valence-electron chi connectivity index (χ4n) is 10.4. The van der Waals surface area contributed by atoms with E-state index in [2.05, 4.69) is 6.92 Å². The van der Waals surface area contributed by atoms with Gasteiger partial charge in [-0.15, -0.1) is 0 Å². The summed E-state index contributed by atoms with van der Waals surface area (Å²) >= 11 is 0. The molecule has 1 N–H and O–H groups in total. The van der Waals surface area contributed by atoms with Crippen molar-refractivity contribution < 1.29 is 57.5 Å². The molecule has 0 aromatic rings. The number of cyclic esters (lactones) is 1. The number of carbonyl (C=O) groups excluding carboxylic acids is 5. The van der Waals surface area contributed by atoms with Gasteiger partial charge < -0.3 is 38.4 Å². The highest BCUT2D eigenvalue weighted by Crippen LogP contribution is 2.38. The third-order valence-corrected chi connectivity index (χ3v) is 14.6. The lowest BCUT2D eigenvalue weighted by Gasteiger charge is -2.42. The van der Waals surface area contributed by atoms with E-state index >= 15 is 0 Å². The molecule has 3 aliphatic heterocycles. The van der Waals surface area contributed by atoms with Crippen molar-refractivity contribution in [1.29, 1.82) is 0 Å². The number of amides is 1. The number of ether oxygens (including phenoxy) is 6. The van der Waals surface area contributed by atoms with Crippen molar-refractivity contribution in [2.75, 3.05) is 35.0 Å². The highest BCUT2D eigenvalue weighted by atomic mass is 16.6. The molecular formula is C52H81NO12. The number of esters is 1. The van der Waals surface area contributed by atoms with E-state index < -0.39 is 71.8 Å². The zero-order chi connectivity index (χ0) is 48.0. The molecule has 14 atom stereocenters. The number of methoxy groups -OCH3 is 4. The molecule has 3 fully saturated rings. The van der Waals surface area contributed by atoms with Crippen LogP contribution in [-0.2, 0) is 52.4 Å². The van der Waals surface area contributed by atoms with Crippen LogP contribution in [0.1, 0.15) is 132 Å². The number of nitrogens with zero attached hydrogens (tertiary/aromatic N) is 1. The van der Waals surface area contributed by atoms with Gasteiger partial charge in [0.2, 0.25) is 5.79 Å². The molecule has 366 valence electrons. The van der Waals surface area contributed by atoms with Crippen molar-refractivity contribution in [3.8, 4) is 0 Å². The summed E-state index contributed by atoms with van der Waals surface area (Å²) < 4.78 is 35.7. The average Bonchev–Trinajstić information content (AvgIpc) is 3.29. The Bertz CT molecular complexity index is 1740. The summed E-state index contributed by atoms with van der Waals surface area (Å²) in [6.45, 7) is 13.3. The number of fused-ring (bicyclic) bond motifs is 3. The summed E-state index contributed by atoms with van der Waals surface area (Å²) in [5, 5.41) is 12.0. The van der Waals surface area contributed by atoms with Crippen LogP contribution in [0.5, 0.6) is 0 Å². The molecule has 13 heteroatoms. The predicted molar refractivity (Wildman–Crippen MR) is 249 cm³/mol. The van der Waals surface area contributed by atoms with Crippen molar-refractivity contribution in [2.45, 2.75) is 180 Å². The number of aliphatic hydroxyl groups is 1. The first kappa shape index (κ1) is 54.3. The Morgan fingerprint density at radius 1 is 0.800 bits per heavy atom. The molecule has 0 spiro atoms. The van der Waals surface area contributed by atoms with E-state index in [0.717, 1.165) is 31.3 Å². The number of hydrogen-bond acceptors (Lipinski definition) is 12. The van der Waals surface area contributed by atoms with E-state index in [-0.39, 0.29) is 54.8 Å². The van der Waals surface area contributed by atoms with Gasteiger partial charge in [0.25, 0.3) is 11.7 Å². The van der Waals surface area contributed by atoms with Gasteiger partial charge in [0, 0.05) is 65.6 Å². The van der Waals surface area contributed by atoms with Crippen LogP contribution in [0.3, 0.4) is 0 Å². The monoisotopic (exact) mass is 912 g/mol. The number of piperidine rings is 1. The van der Waals surface area contributed by atoms with Crippen LogP contribution < -0.4 is 0 Å². The SMILES string of the molecule is CO[C@H]1CCC[C@@H](C[C@@H](C)[C@@H]2CC(=O)[C@H](C)/C=C(\C)[C@@H](OC)[C@@H](OC)C(=O)[C@H](C)C[C@H](C)/C=C/C=C/C=C(\C)[C@@H](OC)C[C@@H]3CC[C@@H](C)[C@@](O)(O3)C(=O)C(=O)N3CCCC[C@H]3C(=O)O2)C1. The second kappa shape index (κ2) is 25.7. The minimum absolute atomic E-state index is 0.0723. The summed E-state index contributed by atoms with van der Waals surface area (Å²) in [5.41, 5.74) is 1.57. The first-order valence-electron chi connectivity index (χ1n) is 24.2. The Morgan fingerprint density at radius 3 is 2.20 bits per heavy atom. The van der Waals surface area contributed by atoms with E-state index in [1.165, 1.54) is 19.1 Å². The molecule has 0 aromatic carbocycles. The Hall–Kier alpha value is -3.33. The molecule has 65 heavy (non-hydrogen) atoms. The molecule has 4 aliphatic rings. The van der Waals surface area contributed by atoms with Crippen molar-refractivity contribution in [1.82, 2.24) is 4.90 Å². The third kappa shape index (κ3) is 14.6. The molecule has 2 bridgehead atoms. The van der Waals surface area contributed by atoms with Crippen molar-refractivity contribution >= 4 is 29.2 Å². The molecule has 4 rings (SSSR count).